The zero-order valence-corrected chi connectivity index (χ0v) is 9.74. The molecule has 1 aromatic heterocycles. The minimum atomic E-state index is 0.443. The molecule has 3 rings (SSSR count). The van der Waals surface area contributed by atoms with Crippen molar-refractivity contribution in [3.8, 4) is 0 Å². The quantitative estimate of drug-likeness (QED) is 0.821. The molecule has 0 amide bonds. The molecule has 2 heterocycles. The van der Waals surface area contributed by atoms with Crippen LogP contribution in [0.1, 0.15) is 12.8 Å². The normalized spacial score (nSPS) is 32.7. The predicted octanol–water partition coefficient (Wildman–Crippen LogP) is 1.54. The first-order valence-corrected chi connectivity index (χ1v) is 6.15. The maximum absolute atomic E-state index is 5.70. The highest BCUT2D eigenvalue weighted by atomic mass is 35.5. The van der Waals surface area contributed by atoms with Crippen LogP contribution in [0.4, 0.5) is 5.82 Å². The average Bonchev–Trinajstić information content (AvgIpc) is 2.81. The summed E-state index contributed by atoms with van der Waals surface area (Å²) in [7, 11) is 0. The van der Waals surface area contributed by atoms with Gasteiger partial charge in [0.15, 0.2) is 5.15 Å². The second-order valence-electron chi connectivity index (χ2n) is 4.73. The van der Waals surface area contributed by atoms with Crippen LogP contribution in [0.3, 0.4) is 0 Å². The summed E-state index contributed by atoms with van der Waals surface area (Å²) < 4.78 is 0. The summed E-state index contributed by atoms with van der Waals surface area (Å²) >= 11 is 5.70. The topological polar surface area (TPSA) is 49.8 Å². The number of anilines is 1. The molecular weight excluding hydrogens is 224 g/mol. The van der Waals surface area contributed by atoms with Crippen LogP contribution in [0.5, 0.6) is 0 Å². The number of halogens is 1. The van der Waals surface area contributed by atoms with Gasteiger partial charge in [0.2, 0.25) is 0 Å². The first-order chi connectivity index (χ1) is 7.81. The predicted molar refractivity (Wildman–Crippen MR) is 63.5 cm³/mol. The number of nitrogens with one attached hydrogen (secondary N) is 2. The van der Waals surface area contributed by atoms with Crippen molar-refractivity contribution >= 4 is 17.4 Å². The molecule has 1 aliphatic carbocycles. The largest absolute Gasteiger partial charge is 0.366 e. The third-order valence-corrected chi connectivity index (χ3v) is 3.84. The molecule has 1 aliphatic heterocycles. The van der Waals surface area contributed by atoms with Gasteiger partial charge in [-0.05, 0) is 49.9 Å². The van der Waals surface area contributed by atoms with E-state index in [9.17, 15) is 0 Å². The summed E-state index contributed by atoms with van der Waals surface area (Å²) in [5.74, 6) is 2.53. The summed E-state index contributed by atoms with van der Waals surface area (Å²) in [4.78, 5) is 0. The molecule has 2 unspecified atom stereocenters. The van der Waals surface area contributed by atoms with Gasteiger partial charge in [0.05, 0.1) is 0 Å². The first-order valence-electron chi connectivity index (χ1n) is 5.78. The van der Waals surface area contributed by atoms with Crippen LogP contribution in [0.2, 0.25) is 5.15 Å². The molecule has 1 saturated heterocycles. The van der Waals surface area contributed by atoms with Crippen molar-refractivity contribution < 1.29 is 0 Å². The summed E-state index contributed by atoms with van der Waals surface area (Å²) in [6, 6.07) is 4.21. The molecule has 0 spiro atoms. The second kappa shape index (κ2) is 4.18. The van der Waals surface area contributed by atoms with Crippen LogP contribution in [0.15, 0.2) is 12.1 Å². The number of aromatic nitrogens is 2. The van der Waals surface area contributed by atoms with Gasteiger partial charge in [0, 0.05) is 6.04 Å². The second-order valence-corrected chi connectivity index (χ2v) is 5.12. The number of fused-ring (bicyclic) bond motifs is 1. The molecule has 0 bridgehead atoms. The van der Waals surface area contributed by atoms with Gasteiger partial charge >= 0.3 is 0 Å². The van der Waals surface area contributed by atoms with E-state index in [1.807, 2.05) is 6.07 Å². The number of nitrogens with zero attached hydrogens (tertiary/aromatic N) is 2. The standard InChI is InChI=1S/C11H15ClN4/c12-10-1-2-11(16-15-10)14-9-3-7-5-13-6-8(7)4-9/h1-2,7-9,13H,3-6H2,(H,14,16). The fraction of sp³-hybridized carbons (Fsp3) is 0.636. The molecule has 0 radical (unpaired) electrons. The Morgan fingerprint density at radius 3 is 2.56 bits per heavy atom. The molecule has 2 aliphatic rings. The zero-order valence-electron chi connectivity index (χ0n) is 8.99. The highest BCUT2D eigenvalue weighted by Crippen LogP contribution is 2.35. The molecule has 0 aromatic carbocycles. The lowest BCUT2D eigenvalue weighted by Crippen LogP contribution is -2.21. The van der Waals surface area contributed by atoms with Crippen LogP contribution in [-0.4, -0.2) is 29.3 Å². The van der Waals surface area contributed by atoms with E-state index in [-0.39, 0.29) is 0 Å². The van der Waals surface area contributed by atoms with Crippen molar-refractivity contribution in [2.45, 2.75) is 18.9 Å². The minimum absolute atomic E-state index is 0.443. The Labute approximate surface area is 99.8 Å². The number of hydrogen-bond acceptors (Lipinski definition) is 4. The van der Waals surface area contributed by atoms with Gasteiger partial charge in [0.25, 0.3) is 0 Å². The van der Waals surface area contributed by atoms with Crippen molar-refractivity contribution in [3.63, 3.8) is 0 Å². The molecule has 1 aromatic rings. The molecule has 2 N–H and O–H groups in total. The van der Waals surface area contributed by atoms with Crippen LogP contribution in [0, 0.1) is 11.8 Å². The van der Waals surface area contributed by atoms with Crippen molar-refractivity contribution in [3.05, 3.63) is 17.3 Å². The van der Waals surface area contributed by atoms with Crippen molar-refractivity contribution in [2.75, 3.05) is 18.4 Å². The third-order valence-electron chi connectivity index (χ3n) is 3.64. The Morgan fingerprint density at radius 2 is 1.94 bits per heavy atom. The molecule has 16 heavy (non-hydrogen) atoms. The Balaban J connectivity index is 1.62. The van der Waals surface area contributed by atoms with Crippen molar-refractivity contribution in [1.29, 1.82) is 0 Å². The van der Waals surface area contributed by atoms with Gasteiger partial charge in [0.1, 0.15) is 5.82 Å². The number of hydrogen-bond donors (Lipinski definition) is 2. The summed E-state index contributed by atoms with van der Waals surface area (Å²) in [6.07, 6.45) is 2.48. The average molecular weight is 239 g/mol. The van der Waals surface area contributed by atoms with Gasteiger partial charge in [-0.3, -0.25) is 0 Å². The maximum atomic E-state index is 5.70. The van der Waals surface area contributed by atoms with E-state index in [1.54, 1.807) is 6.07 Å². The van der Waals surface area contributed by atoms with E-state index < -0.39 is 0 Å². The Hall–Kier alpha value is -0.870. The molecule has 1 saturated carbocycles. The molecule has 5 heteroatoms. The Bertz CT molecular complexity index is 355. The molecule has 2 fully saturated rings. The van der Waals surface area contributed by atoms with E-state index in [2.05, 4.69) is 20.8 Å². The smallest absolute Gasteiger partial charge is 0.151 e. The van der Waals surface area contributed by atoms with E-state index in [0.717, 1.165) is 17.7 Å². The van der Waals surface area contributed by atoms with E-state index in [0.29, 0.717) is 11.2 Å². The van der Waals surface area contributed by atoms with E-state index in [4.69, 9.17) is 11.6 Å². The molecular formula is C11H15ClN4. The lowest BCUT2D eigenvalue weighted by atomic mass is 10.0. The molecule has 4 nitrogen and oxygen atoms in total. The van der Waals surface area contributed by atoms with E-state index >= 15 is 0 Å². The van der Waals surface area contributed by atoms with Gasteiger partial charge in [-0.1, -0.05) is 11.6 Å². The first kappa shape index (κ1) is 10.3. The Morgan fingerprint density at radius 1 is 1.19 bits per heavy atom. The van der Waals surface area contributed by atoms with Gasteiger partial charge < -0.3 is 10.6 Å². The maximum Gasteiger partial charge on any atom is 0.151 e. The Kier molecular flexibility index (Phi) is 2.69. The lowest BCUT2D eigenvalue weighted by Gasteiger charge is -2.13. The van der Waals surface area contributed by atoms with Crippen LogP contribution in [-0.2, 0) is 0 Å². The SMILES string of the molecule is Clc1ccc(NC2CC3CNCC3C2)nn1. The monoisotopic (exact) mass is 238 g/mol. The van der Waals surface area contributed by atoms with Crippen LogP contribution >= 0.6 is 11.6 Å². The highest BCUT2D eigenvalue weighted by Gasteiger charge is 2.37. The van der Waals surface area contributed by atoms with Crippen LogP contribution < -0.4 is 10.6 Å². The fourth-order valence-electron chi connectivity index (χ4n) is 2.89. The minimum Gasteiger partial charge on any atom is -0.366 e. The molecule has 86 valence electrons. The summed E-state index contributed by atoms with van der Waals surface area (Å²) in [5.41, 5.74) is 0. The van der Waals surface area contributed by atoms with E-state index in [1.165, 1.54) is 25.9 Å². The van der Waals surface area contributed by atoms with Crippen molar-refractivity contribution in [1.82, 2.24) is 15.5 Å². The summed E-state index contributed by atoms with van der Waals surface area (Å²) in [5, 5.41) is 15.2. The number of rotatable bonds is 2. The third kappa shape index (κ3) is 1.99. The highest BCUT2D eigenvalue weighted by molar-refractivity contribution is 6.29. The summed E-state index contributed by atoms with van der Waals surface area (Å²) in [6.45, 7) is 2.35. The van der Waals surface area contributed by atoms with Gasteiger partial charge in [-0.2, -0.15) is 0 Å². The fourth-order valence-corrected chi connectivity index (χ4v) is 2.99. The van der Waals surface area contributed by atoms with Gasteiger partial charge in [-0.25, -0.2) is 0 Å². The lowest BCUT2D eigenvalue weighted by molar-refractivity contribution is 0.494. The molecule has 2 atom stereocenters. The van der Waals surface area contributed by atoms with Gasteiger partial charge in [-0.15, -0.1) is 10.2 Å². The van der Waals surface area contributed by atoms with Crippen molar-refractivity contribution in [2.24, 2.45) is 11.8 Å². The van der Waals surface area contributed by atoms with Crippen LogP contribution in [0.25, 0.3) is 0 Å². The zero-order chi connectivity index (χ0) is 11.0.